The van der Waals surface area contributed by atoms with Crippen LogP contribution >= 0.6 is 0 Å². The number of hydrogen-bond acceptors (Lipinski definition) is 23. The van der Waals surface area contributed by atoms with Crippen molar-refractivity contribution in [2.75, 3.05) is 33.5 Å². The Morgan fingerprint density at radius 2 is 0.845 bits per heavy atom. The van der Waals surface area contributed by atoms with Crippen molar-refractivity contribution in [3.63, 3.8) is 0 Å². The number of nitrogens with one attached hydrogen (secondary N) is 2. The van der Waals surface area contributed by atoms with E-state index in [9.17, 15) is 55.5 Å². The molecule has 0 heterocycles. The van der Waals surface area contributed by atoms with Gasteiger partial charge in [-0.1, -0.05) is 133 Å². The van der Waals surface area contributed by atoms with Gasteiger partial charge in [-0.15, -0.1) is 0 Å². The molecule has 0 saturated heterocycles. The Balaban J connectivity index is 0.000000439. The smallest absolute Gasteiger partial charge is 0.327 e. The van der Waals surface area contributed by atoms with E-state index < -0.39 is 98.3 Å². The van der Waals surface area contributed by atoms with Gasteiger partial charge in [-0.25, -0.2) is 20.4 Å². The second-order valence-electron chi connectivity index (χ2n) is 19.8. The fourth-order valence-corrected chi connectivity index (χ4v) is 8.02. The van der Waals surface area contributed by atoms with Crippen molar-refractivity contribution in [3.05, 3.63) is 191 Å². The van der Waals surface area contributed by atoms with Gasteiger partial charge in [0.15, 0.2) is 23.0 Å². The van der Waals surface area contributed by atoms with Crippen LogP contribution in [0.1, 0.15) is 47.2 Å². The lowest BCUT2D eigenvalue weighted by Crippen LogP contribution is -2.56. The van der Waals surface area contributed by atoms with Gasteiger partial charge in [0.25, 0.3) is 0 Å². The number of phenolic OH excluding ortho intramolecular Hbond substituents is 2. The molecule has 6 rings (SSSR count). The van der Waals surface area contributed by atoms with E-state index in [4.69, 9.17) is 50.3 Å². The summed E-state index contributed by atoms with van der Waals surface area (Å²) in [7, 11) is 1.00. The Morgan fingerprint density at radius 1 is 0.452 bits per heavy atom. The van der Waals surface area contributed by atoms with Crippen LogP contribution in [-0.2, 0) is 67.8 Å². The maximum atomic E-state index is 13.8. The summed E-state index contributed by atoms with van der Waals surface area (Å²) < 4.78 is 34.8. The van der Waals surface area contributed by atoms with Gasteiger partial charge in [-0.3, -0.25) is 11.7 Å². The van der Waals surface area contributed by atoms with E-state index >= 15 is 0 Å². The predicted molar refractivity (Wildman–Crippen MR) is 307 cm³/mol. The van der Waals surface area contributed by atoms with Gasteiger partial charge in [0, 0.05) is 20.0 Å². The Bertz CT molecular complexity index is 2810. The number of hydrazine groups is 2. The molecule has 0 aromatic heterocycles. The third-order valence-corrected chi connectivity index (χ3v) is 13.2. The number of esters is 2. The lowest BCUT2D eigenvalue weighted by atomic mass is 9.93. The second-order valence-corrected chi connectivity index (χ2v) is 19.8. The molecule has 0 radical (unpaired) electrons. The standard InChI is InChI=1S/C44H50N2O9.C16H26N2O9.CH4O/c1-44(46-45,25-36-22-23-37(51-27-32-14-6-2-7-15-32)38(24-36)52-28-33-16-8-3-9-17-33)43(50)55-31-40(54-30-35-20-12-5-13-21-35)42(49)41(48)39(26-47)53-29-34-18-10-4-11-19-34;1-16(18-17,5-8-2-3-9(20)10(21)4-8)15(26)27-7-12(23)14(25)13(24)11(22)6-19;1-2/h2-24,39-42,46-49H,25-31,45H2,1H3;2-4,11-14,18-25H,5-7,17H2,1H3;2H,1H3/t39-,40-,41-,42-,44?;11-,12-,13-,14-,16?;/m11./s1. The molecule has 0 spiro atoms. The van der Waals surface area contributed by atoms with E-state index in [0.29, 0.717) is 35.8 Å². The number of hydrogen-bond donors (Lipinski definition) is 15. The number of carbonyl (C=O) groups excluding carboxylic acids is 2. The Labute approximate surface area is 487 Å². The monoisotopic (exact) mass is 1170 g/mol. The quantitative estimate of drug-likeness (QED) is 0.0123. The minimum atomic E-state index is -1.87. The number of rotatable bonds is 32. The molecule has 10 atom stereocenters. The fourth-order valence-electron chi connectivity index (χ4n) is 8.02. The lowest BCUT2D eigenvalue weighted by Gasteiger charge is -2.32. The van der Waals surface area contributed by atoms with Crippen LogP contribution < -0.4 is 32.0 Å². The number of phenols is 2. The molecule has 0 bridgehead atoms. The minimum Gasteiger partial charge on any atom is -0.504 e. The normalized spacial score (nSPS) is 15.5. The van der Waals surface area contributed by atoms with E-state index in [-0.39, 0.29) is 37.6 Å². The molecule has 23 heteroatoms. The summed E-state index contributed by atoms with van der Waals surface area (Å²) in [5.74, 6) is 10.1. The highest BCUT2D eigenvalue weighted by Gasteiger charge is 2.39. The molecule has 23 nitrogen and oxygen atoms in total. The molecule has 84 heavy (non-hydrogen) atoms. The average molecular weight is 1170 g/mol. The Kier molecular flexibility index (Phi) is 29.6. The van der Waals surface area contributed by atoms with Crippen molar-refractivity contribution in [2.24, 2.45) is 11.7 Å². The Morgan fingerprint density at radius 3 is 1.29 bits per heavy atom. The molecule has 458 valence electrons. The first-order chi connectivity index (χ1) is 40.3. The van der Waals surface area contributed by atoms with E-state index in [0.717, 1.165) is 29.4 Å². The van der Waals surface area contributed by atoms with Crippen molar-refractivity contribution < 1.29 is 94.2 Å². The van der Waals surface area contributed by atoms with Crippen LogP contribution in [0, 0.1) is 0 Å². The van der Waals surface area contributed by atoms with E-state index in [2.05, 4.69) is 10.9 Å². The molecular weight excluding hydrogens is 1090 g/mol. The molecule has 17 N–H and O–H groups in total. The summed E-state index contributed by atoms with van der Waals surface area (Å²) in [6.45, 7) is 1.23. The molecule has 0 aliphatic rings. The van der Waals surface area contributed by atoms with E-state index in [1.165, 1.54) is 25.1 Å². The number of benzene rings is 6. The summed E-state index contributed by atoms with van der Waals surface area (Å²) >= 11 is 0. The summed E-state index contributed by atoms with van der Waals surface area (Å²) in [6, 6.07) is 47.4. The third kappa shape index (κ3) is 21.8. The molecule has 0 aliphatic carbocycles. The first-order valence-electron chi connectivity index (χ1n) is 26.7. The van der Waals surface area contributed by atoms with Crippen molar-refractivity contribution >= 4 is 11.9 Å². The zero-order valence-corrected chi connectivity index (χ0v) is 47.0. The van der Waals surface area contributed by atoms with Gasteiger partial charge in [0.1, 0.15) is 86.3 Å². The Hall–Kier alpha value is -7.14. The zero-order valence-electron chi connectivity index (χ0n) is 47.0. The van der Waals surface area contributed by atoms with Crippen molar-refractivity contribution in [1.29, 1.82) is 0 Å². The summed E-state index contributed by atoms with van der Waals surface area (Å²) in [5, 5.41) is 105. The largest absolute Gasteiger partial charge is 0.504 e. The van der Waals surface area contributed by atoms with Crippen LogP contribution in [0.5, 0.6) is 23.0 Å². The van der Waals surface area contributed by atoms with Crippen LogP contribution in [-0.4, -0.2) is 162 Å². The molecule has 2 unspecified atom stereocenters. The molecule has 0 aliphatic heterocycles. The number of ether oxygens (including phenoxy) is 6. The van der Waals surface area contributed by atoms with Crippen LogP contribution in [0.4, 0.5) is 0 Å². The third-order valence-electron chi connectivity index (χ3n) is 13.2. The van der Waals surface area contributed by atoms with Gasteiger partial charge in [0.05, 0.1) is 26.4 Å². The van der Waals surface area contributed by atoms with Gasteiger partial charge in [-0.2, -0.15) is 0 Å². The highest BCUT2D eigenvalue weighted by Crippen LogP contribution is 2.32. The summed E-state index contributed by atoms with van der Waals surface area (Å²) in [4.78, 5) is 26.1. The summed E-state index contributed by atoms with van der Waals surface area (Å²) in [6.07, 6.45) is -12.6. The van der Waals surface area contributed by atoms with E-state index in [1.54, 1.807) is 13.0 Å². The maximum Gasteiger partial charge on any atom is 0.327 e. The average Bonchev–Trinajstić information content (AvgIpc) is 3.56. The molecule has 0 saturated carbocycles. The van der Waals surface area contributed by atoms with Gasteiger partial charge >= 0.3 is 11.9 Å². The van der Waals surface area contributed by atoms with Crippen LogP contribution in [0.2, 0.25) is 0 Å². The molecule has 0 fully saturated rings. The molecule has 0 amide bonds. The van der Waals surface area contributed by atoms with Crippen LogP contribution in [0.15, 0.2) is 158 Å². The predicted octanol–water partition coefficient (Wildman–Crippen LogP) is 1.49. The molecule has 6 aromatic rings. The zero-order chi connectivity index (χ0) is 61.7. The molecule has 6 aromatic carbocycles. The number of aromatic hydroxyl groups is 2. The topological polar surface area (TPSA) is 388 Å². The highest BCUT2D eigenvalue weighted by molar-refractivity contribution is 5.81. The first kappa shape index (κ1) is 69.4. The number of aliphatic hydroxyl groups is 9. The first-order valence-corrected chi connectivity index (χ1v) is 26.7. The lowest BCUT2D eigenvalue weighted by molar-refractivity contribution is -0.176. The van der Waals surface area contributed by atoms with Crippen molar-refractivity contribution in [3.8, 4) is 23.0 Å². The highest BCUT2D eigenvalue weighted by atomic mass is 16.6. The number of carbonyl (C=O) groups is 2. The van der Waals surface area contributed by atoms with E-state index in [1.807, 2.05) is 133 Å². The second kappa shape index (κ2) is 35.9. The SMILES string of the molecule is CC(Cc1ccc(O)c(O)c1)(NN)C(=O)OC[C@@H](O)[C@@H](O)[C@H](O)[C@H](O)CO.CC(Cc1ccc(OCc2ccccc2)c(OCc2ccccc2)c1)(NN)C(=O)OC[C@@H](OCc1ccccc1)[C@@H](O)[C@H](O)[C@@H](CO)OCc1ccccc1.CO. The molecular formula is C61H80N4O19. The number of nitrogens with two attached hydrogens (primary N) is 2. The maximum absolute atomic E-state index is 13.8. The minimum absolute atomic E-state index is 0.0410. The van der Waals surface area contributed by atoms with Gasteiger partial charge < -0.3 is 84.6 Å². The van der Waals surface area contributed by atoms with Gasteiger partial charge in [0.2, 0.25) is 0 Å². The van der Waals surface area contributed by atoms with Crippen molar-refractivity contribution in [2.45, 2.75) is 113 Å². The summed E-state index contributed by atoms with van der Waals surface area (Å²) in [5.41, 5.74) is 6.74. The van der Waals surface area contributed by atoms with Gasteiger partial charge in [-0.05, 0) is 71.5 Å². The van der Waals surface area contributed by atoms with Crippen LogP contribution in [0.25, 0.3) is 0 Å². The fraction of sp³-hybridized carbons (Fsp3) is 0.377. The number of aliphatic hydroxyl groups excluding tert-OH is 9. The van der Waals surface area contributed by atoms with Crippen molar-refractivity contribution in [1.82, 2.24) is 10.9 Å². The van der Waals surface area contributed by atoms with Crippen LogP contribution in [0.3, 0.4) is 0 Å².